The molecule has 0 unspecified atom stereocenters. The summed E-state index contributed by atoms with van der Waals surface area (Å²) < 4.78 is 0. The Kier molecular flexibility index (Phi) is 26.3. The minimum atomic E-state index is -1.77. The fourth-order valence-electron chi connectivity index (χ4n) is 6.98. The third kappa shape index (κ3) is 20.2. The van der Waals surface area contributed by atoms with E-state index in [2.05, 4.69) is 53.3 Å². The van der Waals surface area contributed by atoms with Crippen LogP contribution in [0.4, 0.5) is 4.79 Å². The molecule has 1 aromatic carbocycles. The minimum Gasteiger partial charge on any atom is -0.394 e. The van der Waals surface area contributed by atoms with Gasteiger partial charge in [-0.3, -0.25) is 48.2 Å². The molecule has 27 nitrogen and oxygen atoms in total. The van der Waals surface area contributed by atoms with Gasteiger partial charge in [0.15, 0.2) is 0 Å². The molecular weight excluding hydrogens is 921 g/mol. The molecule has 9 atom stereocenters. The average Bonchev–Trinajstić information content (AvgIpc) is 3.30. The van der Waals surface area contributed by atoms with E-state index < -0.39 is 140 Å². The third-order valence-electron chi connectivity index (χ3n) is 10.7. The van der Waals surface area contributed by atoms with Crippen molar-refractivity contribution in [3.8, 4) is 0 Å². The molecule has 0 saturated carbocycles. The number of carbonyl (C=O) groups is 10. The Morgan fingerprint density at radius 2 is 1.19 bits per heavy atom. The maximum Gasteiger partial charge on any atom is 0.334 e. The van der Waals surface area contributed by atoms with E-state index in [1.165, 1.54) is 6.92 Å². The Bertz CT molecular complexity index is 1930. The first-order valence-corrected chi connectivity index (χ1v) is 23.0. The number of rotatable bonds is 17. The second-order valence-corrected chi connectivity index (χ2v) is 16.9. The van der Waals surface area contributed by atoms with Gasteiger partial charge in [-0.15, -0.1) is 0 Å². The summed E-state index contributed by atoms with van der Waals surface area (Å²) in [5.74, 6) is -8.42. The molecule has 27 heteroatoms. The van der Waals surface area contributed by atoms with Crippen LogP contribution in [0.25, 0.3) is 0 Å². The number of amides is 11. The highest BCUT2D eigenvalue weighted by molar-refractivity contribution is 5.98. The molecular formula is C43H72N14O13. The molecule has 0 aromatic heterocycles. The van der Waals surface area contributed by atoms with E-state index in [9.17, 15) is 63.3 Å². The number of nitrogens with two attached hydrogens (primary N) is 3. The molecule has 11 amide bonds. The quantitative estimate of drug-likeness (QED) is 0.0645. The van der Waals surface area contributed by atoms with Crippen molar-refractivity contribution in [2.75, 3.05) is 45.9 Å². The summed E-state index contributed by atoms with van der Waals surface area (Å²) in [6, 6.07) is -4.65. The predicted octanol–water partition coefficient (Wildman–Crippen LogP) is -6.97. The van der Waals surface area contributed by atoms with Gasteiger partial charge in [0.1, 0.15) is 48.3 Å². The summed E-state index contributed by atoms with van der Waals surface area (Å²) in [6.45, 7) is 3.06. The summed E-state index contributed by atoms with van der Waals surface area (Å²) >= 11 is 0. The number of hydrazine groups is 1. The molecule has 1 aliphatic rings. The van der Waals surface area contributed by atoms with Gasteiger partial charge in [-0.1, -0.05) is 44.2 Å². The molecule has 1 aliphatic heterocycles. The van der Waals surface area contributed by atoms with Gasteiger partial charge >= 0.3 is 6.03 Å². The number of benzene rings is 1. The lowest BCUT2D eigenvalue weighted by Gasteiger charge is -2.28. The number of hydrogen-bond acceptors (Lipinski definition) is 16. The highest BCUT2D eigenvalue weighted by atomic mass is 16.3. The molecule has 1 fully saturated rings. The fourth-order valence-corrected chi connectivity index (χ4v) is 6.98. The van der Waals surface area contributed by atoms with Gasteiger partial charge < -0.3 is 80.4 Å². The molecule has 1 heterocycles. The van der Waals surface area contributed by atoms with Crippen molar-refractivity contribution in [3.05, 3.63) is 35.9 Å². The monoisotopic (exact) mass is 993 g/mol. The first kappa shape index (κ1) is 59.6. The zero-order valence-corrected chi connectivity index (χ0v) is 40.0. The number of nitrogens with one attached hydrogen (secondary N) is 10. The van der Waals surface area contributed by atoms with E-state index in [0.717, 1.165) is 11.9 Å². The van der Waals surface area contributed by atoms with Crippen LogP contribution in [0.15, 0.2) is 30.3 Å². The Hall–Kier alpha value is -6.52. The van der Waals surface area contributed by atoms with Crippen molar-refractivity contribution in [1.29, 1.82) is 0 Å². The topological polar surface area (TPSA) is 433 Å². The number of urea groups is 1. The lowest BCUT2D eigenvalue weighted by molar-refractivity contribution is -0.136. The Morgan fingerprint density at radius 3 is 1.67 bits per heavy atom. The second-order valence-electron chi connectivity index (χ2n) is 16.9. The first-order valence-electron chi connectivity index (χ1n) is 23.0. The zero-order valence-electron chi connectivity index (χ0n) is 40.0. The molecule has 0 aliphatic carbocycles. The Labute approximate surface area is 405 Å². The van der Waals surface area contributed by atoms with Gasteiger partial charge in [-0.25, -0.2) is 10.2 Å². The van der Waals surface area contributed by atoms with Gasteiger partial charge in [0.25, 0.3) is 0 Å². The average molecular weight is 993 g/mol. The summed E-state index contributed by atoms with van der Waals surface area (Å²) in [5.41, 5.74) is 20.2. The van der Waals surface area contributed by atoms with Gasteiger partial charge in [-0.2, -0.15) is 0 Å². The van der Waals surface area contributed by atoms with E-state index in [1.807, 2.05) is 0 Å². The molecule has 0 bridgehead atoms. The molecule has 70 heavy (non-hydrogen) atoms. The second kappa shape index (κ2) is 30.9. The number of aliphatic hydroxyl groups is 3. The van der Waals surface area contributed by atoms with Crippen LogP contribution < -0.4 is 70.5 Å². The minimum absolute atomic E-state index is 0.0540. The molecule has 1 saturated heterocycles. The maximum absolute atomic E-state index is 14.2. The van der Waals surface area contributed by atoms with Crippen molar-refractivity contribution in [2.45, 2.75) is 121 Å². The lowest BCUT2D eigenvalue weighted by atomic mass is 10.00. The number of aliphatic hydroxyl groups excluding tert-OH is 3. The summed E-state index contributed by atoms with van der Waals surface area (Å²) in [4.78, 5) is 136. The van der Waals surface area contributed by atoms with Gasteiger partial charge in [0.05, 0.1) is 25.9 Å². The van der Waals surface area contributed by atoms with E-state index in [1.54, 1.807) is 44.2 Å². The highest BCUT2D eigenvalue weighted by Crippen LogP contribution is 2.11. The molecule has 1 aromatic rings. The fraction of sp³-hybridized carbons (Fsp3) is 0.628. The van der Waals surface area contributed by atoms with Crippen LogP contribution in [0.3, 0.4) is 0 Å². The zero-order chi connectivity index (χ0) is 52.5. The third-order valence-corrected chi connectivity index (χ3v) is 10.7. The van der Waals surface area contributed by atoms with Crippen molar-refractivity contribution in [1.82, 2.24) is 58.3 Å². The Morgan fingerprint density at radius 1 is 0.700 bits per heavy atom. The molecule has 392 valence electrons. The smallest absolute Gasteiger partial charge is 0.334 e. The molecule has 0 spiro atoms. The van der Waals surface area contributed by atoms with E-state index in [0.29, 0.717) is 5.56 Å². The Balaban J connectivity index is 2.71. The number of hydrogen-bond donors (Lipinski definition) is 16. The molecule has 2 rings (SSSR count). The molecule has 0 radical (unpaired) electrons. The van der Waals surface area contributed by atoms with E-state index in [4.69, 9.17) is 17.2 Å². The van der Waals surface area contributed by atoms with E-state index >= 15 is 0 Å². The molecule has 19 N–H and O–H groups in total. The predicted molar refractivity (Wildman–Crippen MR) is 250 cm³/mol. The van der Waals surface area contributed by atoms with Crippen LogP contribution in [0.1, 0.15) is 65.4 Å². The van der Waals surface area contributed by atoms with Crippen LogP contribution in [0.2, 0.25) is 0 Å². The summed E-state index contributed by atoms with van der Waals surface area (Å²) in [6.07, 6.45) is -2.58. The lowest BCUT2D eigenvalue weighted by Crippen LogP contribution is -2.61. The summed E-state index contributed by atoms with van der Waals surface area (Å²) in [5, 5.41) is 52.9. The van der Waals surface area contributed by atoms with Gasteiger partial charge in [0.2, 0.25) is 53.2 Å². The van der Waals surface area contributed by atoms with Gasteiger partial charge in [-0.05, 0) is 70.1 Å². The van der Waals surface area contributed by atoms with Crippen molar-refractivity contribution in [2.24, 2.45) is 23.1 Å². The van der Waals surface area contributed by atoms with E-state index in [-0.39, 0.29) is 64.2 Å². The van der Waals surface area contributed by atoms with Crippen LogP contribution in [0.5, 0.6) is 0 Å². The van der Waals surface area contributed by atoms with Crippen LogP contribution in [-0.2, 0) is 49.6 Å². The SMILES string of the molecule is CC(=O)N(CCO)NC(=O)N[C@H](CO)C(=O)N[C@H]1CCNC(=O)[C@H]([C@@H](C)O)NC(=O)[C@H](CCN)NC(=O)[C@H](CCN)NC(=O)[C@H](CC(C)C)NC(=O)[C@@H](Cc2ccccc2)NC(=O)[C@H](CCN)NC1=O. The normalized spacial score (nSPS) is 23.4. The largest absolute Gasteiger partial charge is 0.394 e. The van der Waals surface area contributed by atoms with Crippen molar-refractivity contribution < 1.29 is 63.3 Å². The summed E-state index contributed by atoms with van der Waals surface area (Å²) in [7, 11) is 0. The number of nitrogens with zero attached hydrogens (tertiary/aromatic N) is 1. The highest BCUT2D eigenvalue weighted by Gasteiger charge is 2.36. The standard InChI is InChI=1S/C43H72N14O13/c1-23(2)20-31-39(66)50-27(10-14-44)35(62)49-29(12-16-46)38(65)55-34(24(3)60)42(69)47-17-13-30(51-41(68)33(22-59)54-43(70)56-57(18-19-58)25(4)61)37(64)48-28(11-15-45)36(63)53-32(40(67)52-31)21-26-8-6-5-7-9-26/h5-9,23-24,27-34,58-60H,10-22,44-46H2,1-4H3,(H,47,69)(H,48,64)(H,49,62)(H,50,66)(H,51,68)(H,52,67)(H,53,63)(H,55,65)(H2,54,56,70)/t24-,27+,28+,29+,30+,31+,32-,33-,34+/m1/s1. The number of carbonyl (C=O) groups excluding carboxylic acids is 10. The van der Waals surface area contributed by atoms with Gasteiger partial charge in [0, 0.05) is 19.9 Å². The van der Waals surface area contributed by atoms with Crippen LogP contribution >= 0.6 is 0 Å². The van der Waals surface area contributed by atoms with Crippen molar-refractivity contribution in [3.63, 3.8) is 0 Å². The first-order chi connectivity index (χ1) is 33.2. The van der Waals surface area contributed by atoms with Crippen LogP contribution in [-0.4, -0.2) is 180 Å². The maximum atomic E-state index is 14.2. The van der Waals surface area contributed by atoms with Crippen molar-refractivity contribution >= 4 is 59.2 Å². The van der Waals surface area contributed by atoms with Crippen LogP contribution in [0, 0.1) is 5.92 Å².